The van der Waals surface area contributed by atoms with Crippen molar-refractivity contribution in [1.82, 2.24) is 0 Å². The molecule has 0 unspecified atom stereocenters. The second-order valence-electron chi connectivity index (χ2n) is 4.97. The molecular formula is C17H19NO2S2. The molecule has 0 radical (unpaired) electrons. The normalized spacial score (nSPS) is 11.2. The molecule has 0 aliphatic heterocycles. The quantitative estimate of drug-likeness (QED) is 0.630. The molecule has 0 amide bonds. The lowest BCUT2D eigenvalue weighted by atomic mass is 10.2. The third-order valence-electron chi connectivity index (χ3n) is 3.11. The lowest BCUT2D eigenvalue weighted by Crippen LogP contribution is -2.14. The second-order valence-corrected chi connectivity index (χ2v) is 7.68. The van der Waals surface area contributed by atoms with E-state index in [1.807, 2.05) is 31.2 Å². The molecular weight excluding hydrogens is 314 g/mol. The molecule has 0 spiro atoms. The minimum atomic E-state index is -3.60. The third-order valence-corrected chi connectivity index (χ3v) is 5.70. The highest BCUT2D eigenvalue weighted by Crippen LogP contribution is 2.29. The predicted octanol–water partition coefficient (Wildman–Crippen LogP) is 4.38. The summed E-state index contributed by atoms with van der Waals surface area (Å²) >= 11 is 1.54. The van der Waals surface area contributed by atoms with Crippen molar-refractivity contribution in [1.29, 1.82) is 0 Å². The Morgan fingerprint density at radius 2 is 1.91 bits per heavy atom. The van der Waals surface area contributed by atoms with Gasteiger partial charge in [-0.3, -0.25) is 4.72 Å². The van der Waals surface area contributed by atoms with Crippen molar-refractivity contribution in [2.75, 3.05) is 10.5 Å². The summed E-state index contributed by atoms with van der Waals surface area (Å²) in [6.07, 6.45) is 1.79. The monoisotopic (exact) mass is 333 g/mol. The fourth-order valence-electron chi connectivity index (χ4n) is 2.13. The predicted molar refractivity (Wildman–Crippen MR) is 94.1 cm³/mol. The van der Waals surface area contributed by atoms with Crippen LogP contribution in [0.15, 0.2) is 64.9 Å². The molecule has 116 valence electrons. The number of hydrogen-bond donors (Lipinski definition) is 1. The molecule has 0 aliphatic carbocycles. The highest BCUT2D eigenvalue weighted by molar-refractivity contribution is 7.99. The maximum atomic E-state index is 12.6. The van der Waals surface area contributed by atoms with E-state index in [1.165, 1.54) is 0 Å². The van der Waals surface area contributed by atoms with Crippen LogP contribution >= 0.6 is 11.8 Å². The molecule has 0 fully saturated rings. The van der Waals surface area contributed by atoms with Gasteiger partial charge in [0.25, 0.3) is 10.0 Å². The van der Waals surface area contributed by atoms with Gasteiger partial charge in [0, 0.05) is 10.6 Å². The van der Waals surface area contributed by atoms with Crippen LogP contribution in [0.1, 0.15) is 11.1 Å². The average molecular weight is 333 g/mol. The summed E-state index contributed by atoms with van der Waals surface area (Å²) in [5, 5.41) is 0. The van der Waals surface area contributed by atoms with Crippen LogP contribution in [0, 0.1) is 13.8 Å². The van der Waals surface area contributed by atoms with Crippen molar-refractivity contribution in [2.24, 2.45) is 0 Å². The van der Waals surface area contributed by atoms with Gasteiger partial charge in [-0.1, -0.05) is 35.9 Å². The first-order valence-corrected chi connectivity index (χ1v) is 9.34. The van der Waals surface area contributed by atoms with Crippen LogP contribution in [0.5, 0.6) is 0 Å². The van der Waals surface area contributed by atoms with Crippen molar-refractivity contribution >= 4 is 27.5 Å². The van der Waals surface area contributed by atoms with Crippen molar-refractivity contribution in [3.05, 3.63) is 66.2 Å². The fourth-order valence-corrected chi connectivity index (χ4v) is 4.24. The van der Waals surface area contributed by atoms with E-state index in [0.29, 0.717) is 10.6 Å². The smallest absolute Gasteiger partial charge is 0.262 e. The molecule has 0 saturated heterocycles. The third kappa shape index (κ3) is 3.93. The molecule has 2 aromatic carbocycles. The van der Waals surface area contributed by atoms with Crippen LogP contribution in [0.4, 0.5) is 5.69 Å². The molecule has 0 bridgehead atoms. The number of thioether (sulfide) groups is 1. The zero-order chi connectivity index (χ0) is 16.2. The summed E-state index contributed by atoms with van der Waals surface area (Å²) in [7, 11) is -3.60. The molecule has 2 aromatic rings. The second kappa shape index (κ2) is 7.03. The van der Waals surface area contributed by atoms with Crippen molar-refractivity contribution in [2.45, 2.75) is 23.6 Å². The zero-order valence-electron chi connectivity index (χ0n) is 12.7. The average Bonchev–Trinajstić information content (AvgIpc) is 2.45. The van der Waals surface area contributed by atoms with Gasteiger partial charge in [0.15, 0.2) is 0 Å². The molecule has 0 atom stereocenters. The summed E-state index contributed by atoms with van der Waals surface area (Å²) in [6, 6.07) is 12.7. The Bertz CT molecular complexity index is 783. The largest absolute Gasteiger partial charge is 0.278 e. The molecule has 0 saturated carbocycles. The topological polar surface area (TPSA) is 46.2 Å². The fraction of sp³-hybridized carbons (Fsp3) is 0.176. The summed E-state index contributed by atoms with van der Waals surface area (Å²) < 4.78 is 27.9. The van der Waals surface area contributed by atoms with Crippen LogP contribution < -0.4 is 4.72 Å². The van der Waals surface area contributed by atoms with E-state index in [-0.39, 0.29) is 0 Å². The number of aryl methyl sites for hydroxylation is 2. The SMILES string of the molecule is C=CCSc1ccccc1NS(=O)(=O)c1ccc(C)cc1C. The molecule has 0 heterocycles. The summed E-state index contributed by atoms with van der Waals surface area (Å²) in [5.74, 6) is 0.725. The molecule has 0 aromatic heterocycles. The first kappa shape index (κ1) is 16.6. The van der Waals surface area contributed by atoms with E-state index >= 15 is 0 Å². The van der Waals surface area contributed by atoms with E-state index < -0.39 is 10.0 Å². The number of benzene rings is 2. The van der Waals surface area contributed by atoms with E-state index in [0.717, 1.165) is 21.8 Å². The van der Waals surface area contributed by atoms with Gasteiger partial charge in [0.1, 0.15) is 0 Å². The van der Waals surface area contributed by atoms with Crippen molar-refractivity contribution in [3.8, 4) is 0 Å². The molecule has 3 nitrogen and oxygen atoms in total. The Morgan fingerprint density at radius 1 is 1.18 bits per heavy atom. The number of rotatable bonds is 6. The van der Waals surface area contributed by atoms with Crippen molar-refractivity contribution < 1.29 is 8.42 Å². The molecule has 2 rings (SSSR count). The van der Waals surface area contributed by atoms with Gasteiger partial charge in [-0.15, -0.1) is 18.3 Å². The van der Waals surface area contributed by atoms with Crippen LogP contribution in [0.3, 0.4) is 0 Å². The van der Waals surface area contributed by atoms with Crippen molar-refractivity contribution in [3.63, 3.8) is 0 Å². The summed E-state index contributed by atoms with van der Waals surface area (Å²) in [6.45, 7) is 7.44. The van der Waals surface area contributed by atoms with E-state index in [1.54, 1.807) is 43.0 Å². The summed E-state index contributed by atoms with van der Waals surface area (Å²) in [5.41, 5.74) is 2.37. The van der Waals surface area contributed by atoms with Gasteiger partial charge in [-0.25, -0.2) is 8.42 Å². The van der Waals surface area contributed by atoms with Crippen LogP contribution in [-0.2, 0) is 10.0 Å². The number of sulfonamides is 1. The molecule has 5 heteroatoms. The van der Waals surface area contributed by atoms with Crippen LogP contribution in [-0.4, -0.2) is 14.2 Å². The van der Waals surface area contributed by atoms with Gasteiger partial charge in [-0.2, -0.15) is 0 Å². The Kier molecular flexibility index (Phi) is 5.32. The first-order chi connectivity index (χ1) is 10.4. The maximum absolute atomic E-state index is 12.6. The van der Waals surface area contributed by atoms with Gasteiger partial charge in [0.2, 0.25) is 0 Å². The van der Waals surface area contributed by atoms with E-state index in [9.17, 15) is 8.42 Å². The molecule has 1 N–H and O–H groups in total. The van der Waals surface area contributed by atoms with Gasteiger partial charge >= 0.3 is 0 Å². The van der Waals surface area contributed by atoms with Gasteiger partial charge < -0.3 is 0 Å². The highest BCUT2D eigenvalue weighted by atomic mass is 32.2. The standard InChI is InChI=1S/C17H19NO2S2/c1-4-11-21-16-8-6-5-7-15(16)18-22(19,20)17-10-9-13(2)12-14(17)3/h4-10,12,18H,1,11H2,2-3H3. The van der Waals surface area contributed by atoms with Gasteiger partial charge in [0.05, 0.1) is 10.6 Å². The number of hydrogen-bond acceptors (Lipinski definition) is 3. The Morgan fingerprint density at radius 3 is 2.59 bits per heavy atom. The Hall–Kier alpha value is -1.72. The van der Waals surface area contributed by atoms with E-state index in [2.05, 4.69) is 11.3 Å². The highest BCUT2D eigenvalue weighted by Gasteiger charge is 2.18. The first-order valence-electron chi connectivity index (χ1n) is 6.87. The maximum Gasteiger partial charge on any atom is 0.262 e. The lowest BCUT2D eigenvalue weighted by Gasteiger charge is -2.13. The number of para-hydroxylation sites is 1. The zero-order valence-corrected chi connectivity index (χ0v) is 14.3. The number of anilines is 1. The Balaban J connectivity index is 2.35. The van der Waals surface area contributed by atoms with E-state index in [4.69, 9.17) is 0 Å². The summed E-state index contributed by atoms with van der Waals surface area (Å²) in [4.78, 5) is 1.19. The lowest BCUT2D eigenvalue weighted by molar-refractivity contribution is 0.600. The number of nitrogens with one attached hydrogen (secondary N) is 1. The minimum absolute atomic E-state index is 0.307. The van der Waals surface area contributed by atoms with Gasteiger partial charge in [-0.05, 0) is 37.6 Å². The Labute approximate surface area is 136 Å². The molecule has 22 heavy (non-hydrogen) atoms. The molecule has 0 aliphatic rings. The van der Waals surface area contributed by atoms with Crippen LogP contribution in [0.2, 0.25) is 0 Å². The van der Waals surface area contributed by atoms with Crippen LogP contribution in [0.25, 0.3) is 0 Å². The minimum Gasteiger partial charge on any atom is -0.278 e.